The Morgan fingerprint density at radius 1 is 1.08 bits per heavy atom. The molecular weight excluding hydrogens is 364 g/mol. The molecule has 25 heavy (non-hydrogen) atoms. The van der Waals surface area contributed by atoms with Crippen LogP contribution in [0.5, 0.6) is 0 Å². The Labute approximate surface area is 151 Å². The second kappa shape index (κ2) is 7.82. The molecule has 0 saturated carbocycles. The summed E-state index contributed by atoms with van der Waals surface area (Å²) in [5.41, 5.74) is 1.52. The maximum Gasteiger partial charge on any atom is 0.332 e. The molecule has 2 aromatic rings. The Kier molecular flexibility index (Phi) is 6.00. The standard InChI is InChI=1S/C18H17ClO5S/c1-25(23,24)15-7-5-12(6-8-15)17(16(9-10-20)18(21)22)13-3-2-4-14(19)11-13/h2-8,11,20H,9-10H2,1H3,(H,21,22). The van der Waals surface area contributed by atoms with Crippen molar-refractivity contribution in [3.8, 4) is 0 Å². The minimum absolute atomic E-state index is 0.0249. The number of rotatable bonds is 6. The van der Waals surface area contributed by atoms with Crippen molar-refractivity contribution < 1.29 is 23.4 Å². The van der Waals surface area contributed by atoms with E-state index in [0.29, 0.717) is 21.7 Å². The van der Waals surface area contributed by atoms with Gasteiger partial charge in [-0.05, 0) is 41.0 Å². The first-order valence-corrected chi connectivity index (χ1v) is 9.64. The van der Waals surface area contributed by atoms with Gasteiger partial charge in [-0.25, -0.2) is 13.2 Å². The first-order chi connectivity index (χ1) is 11.7. The molecule has 0 radical (unpaired) electrons. The number of halogens is 1. The normalized spacial score (nSPS) is 12.6. The van der Waals surface area contributed by atoms with Crippen molar-refractivity contribution in [1.82, 2.24) is 0 Å². The minimum atomic E-state index is -3.36. The number of hydrogen-bond donors (Lipinski definition) is 2. The Bertz CT molecular complexity index is 915. The number of carboxylic acid groups (broad SMARTS) is 1. The SMILES string of the molecule is CS(=O)(=O)c1ccc(C(=C(CCO)C(=O)O)c2cccc(Cl)c2)cc1. The lowest BCUT2D eigenvalue weighted by molar-refractivity contribution is -0.132. The van der Waals surface area contributed by atoms with Crippen LogP contribution in [0.15, 0.2) is 59.0 Å². The van der Waals surface area contributed by atoms with Crippen molar-refractivity contribution in [2.24, 2.45) is 0 Å². The van der Waals surface area contributed by atoms with E-state index in [1.807, 2.05) is 0 Å². The van der Waals surface area contributed by atoms with Crippen LogP contribution in [0, 0.1) is 0 Å². The summed E-state index contributed by atoms with van der Waals surface area (Å²) in [6.07, 6.45) is 1.05. The van der Waals surface area contributed by atoms with Gasteiger partial charge < -0.3 is 10.2 Å². The number of benzene rings is 2. The van der Waals surface area contributed by atoms with E-state index in [0.717, 1.165) is 6.26 Å². The lowest BCUT2D eigenvalue weighted by Crippen LogP contribution is -2.08. The van der Waals surface area contributed by atoms with Gasteiger partial charge in [0.25, 0.3) is 0 Å². The molecule has 0 aliphatic heterocycles. The van der Waals surface area contributed by atoms with E-state index in [1.165, 1.54) is 12.1 Å². The molecular formula is C18H17ClO5S. The monoisotopic (exact) mass is 380 g/mol. The highest BCUT2D eigenvalue weighted by molar-refractivity contribution is 7.90. The average Bonchev–Trinajstić information content (AvgIpc) is 2.54. The molecule has 0 atom stereocenters. The van der Waals surface area contributed by atoms with Crippen molar-refractivity contribution in [1.29, 1.82) is 0 Å². The highest BCUT2D eigenvalue weighted by atomic mass is 35.5. The van der Waals surface area contributed by atoms with E-state index < -0.39 is 15.8 Å². The molecule has 0 fully saturated rings. The summed E-state index contributed by atoms with van der Waals surface area (Å²) in [4.78, 5) is 11.8. The largest absolute Gasteiger partial charge is 0.478 e. The fourth-order valence-corrected chi connectivity index (χ4v) is 3.30. The van der Waals surface area contributed by atoms with Gasteiger partial charge in [-0.1, -0.05) is 35.9 Å². The molecule has 0 aliphatic carbocycles. The molecule has 0 saturated heterocycles. The van der Waals surface area contributed by atoms with E-state index >= 15 is 0 Å². The summed E-state index contributed by atoms with van der Waals surface area (Å²) < 4.78 is 23.2. The maximum atomic E-state index is 11.7. The van der Waals surface area contributed by atoms with Crippen molar-refractivity contribution in [3.63, 3.8) is 0 Å². The highest BCUT2D eigenvalue weighted by Crippen LogP contribution is 2.31. The zero-order valence-electron chi connectivity index (χ0n) is 13.4. The van der Waals surface area contributed by atoms with Crippen LogP contribution in [0.3, 0.4) is 0 Å². The topological polar surface area (TPSA) is 91.7 Å². The third-order valence-corrected chi connectivity index (χ3v) is 4.97. The van der Waals surface area contributed by atoms with Crippen LogP contribution in [-0.4, -0.2) is 37.5 Å². The molecule has 0 heterocycles. The van der Waals surface area contributed by atoms with Crippen LogP contribution in [0.1, 0.15) is 17.5 Å². The molecule has 132 valence electrons. The zero-order chi connectivity index (χ0) is 18.6. The number of aliphatic hydroxyl groups excluding tert-OH is 1. The molecule has 2 rings (SSSR count). The number of hydrogen-bond acceptors (Lipinski definition) is 4. The fraction of sp³-hybridized carbons (Fsp3) is 0.167. The smallest absolute Gasteiger partial charge is 0.332 e. The number of carboxylic acids is 1. The van der Waals surface area contributed by atoms with Gasteiger partial charge >= 0.3 is 5.97 Å². The quantitative estimate of drug-likeness (QED) is 0.751. The molecule has 7 heteroatoms. The number of carbonyl (C=O) groups is 1. The van der Waals surface area contributed by atoms with Gasteiger partial charge in [0, 0.05) is 29.9 Å². The second-order valence-corrected chi connectivity index (χ2v) is 7.89. The van der Waals surface area contributed by atoms with Gasteiger partial charge in [0.05, 0.1) is 4.90 Å². The van der Waals surface area contributed by atoms with Crippen molar-refractivity contribution in [2.75, 3.05) is 12.9 Å². The number of sulfone groups is 1. The van der Waals surface area contributed by atoms with Crippen molar-refractivity contribution in [2.45, 2.75) is 11.3 Å². The maximum absolute atomic E-state index is 11.7. The molecule has 0 aromatic heterocycles. The molecule has 0 spiro atoms. The van der Waals surface area contributed by atoms with E-state index in [9.17, 15) is 23.4 Å². The number of aliphatic hydroxyl groups is 1. The van der Waals surface area contributed by atoms with E-state index in [-0.39, 0.29) is 23.5 Å². The van der Waals surface area contributed by atoms with Crippen LogP contribution in [-0.2, 0) is 14.6 Å². The van der Waals surface area contributed by atoms with Gasteiger partial charge in [-0.2, -0.15) is 0 Å². The molecule has 0 unspecified atom stereocenters. The molecule has 5 nitrogen and oxygen atoms in total. The molecule has 0 bridgehead atoms. The molecule has 2 N–H and O–H groups in total. The van der Waals surface area contributed by atoms with Crippen LogP contribution < -0.4 is 0 Å². The van der Waals surface area contributed by atoms with E-state index in [4.69, 9.17) is 11.6 Å². The average molecular weight is 381 g/mol. The molecule has 0 amide bonds. The van der Waals surface area contributed by atoms with Gasteiger partial charge in [0.2, 0.25) is 0 Å². The highest BCUT2D eigenvalue weighted by Gasteiger charge is 2.18. The fourth-order valence-electron chi connectivity index (χ4n) is 2.48. The third kappa shape index (κ3) is 4.69. The van der Waals surface area contributed by atoms with Crippen LogP contribution in [0.4, 0.5) is 0 Å². The lowest BCUT2D eigenvalue weighted by Gasteiger charge is -2.14. The van der Waals surface area contributed by atoms with E-state index in [2.05, 4.69) is 0 Å². The van der Waals surface area contributed by atoms with Crippen LogP contribution >= 0.6 is 11.6 Å². The van der Waals surface area contributed by atoms with Crippen molar-refractivity contribution in [3.05, 3.63) is 70.3 Å². The second-order valence-electron chi connectivity index (χ2n) is 5.44. The van der Waals surface area contributed by atoms with E-state index in [1.54, 1.807) is 36.4 Å². The number of aliphatic carboxylic acids is 1. The van der Waals surface area contributed by atoms with Crippen molar-refractivity contribution >= 4 is 33.0 Å². The van der Waals surface area contributed by atoms with Gasteiger partial charge in [0.1, 0.15) is 0 Å². The lowest BCUT2D eigenvalue weighted by atomic mass is 9.91. The first-order valence-electron chi connectivity index (χ1n) is 7.37. The van der Waals surface area contributed by atoms with Gasteiger partial charge in [-0.3, -0.25) is 0 Å². The molecule has 2 aromatic carbocycles. The Hall–Kier alpha value is -2.15. The Morgan fingerprint density at radius 3 is 2.20 bits per heavy atom. The summed E-state index contributed by atoms with van der Waals surface area (Å²) in [5, 5.41) is 19.2. The summed E-state index contributed by atoms with van der Waals surface area (Å²) in [6, 6.07) is 12.7. The van der Waals surface area contributed by atoms with Gasteiger partial charge in [0.15, 0.2) is 9.84 Å². The van der Waals surface area contributed by atoms with Crippen LogP contribution in [0.25, 0.3) is 5.57 Å². The Morgan fingerprint density at radius 2 is 1.72 bits per heavy atom. The molecule has 0 aliphatic rings. The third-order valence-electron chi connectivity index (χ3n) is 3.61. The summed E-state index contributed by atoms with van der Waals surface area (Å²) in [6.45, 7) is -0.326. The van der Waals surface area contributed by atoms with Gasteiger partial charge in [-0.15, -0.1) is 0 Å². The summed E-state index contributed by atoms with van der Waals surface area (Å²) >= 11 is 6.02. The zero-order valence-corrected chi connectivity index (χ0v) is 15.0. The first kappa shape index (κ1) is 19.2. The predicted molar refractivity (Wildman–Crippen MR) is 96.4 cm³/mol. The van der Waals surface area contributed by atoms with Crippen LogP contribution in [0.2, 0.25) is 5.02 Å². The predicted octanol–water partition coefficient (Wildman–Crippen LogP) is 3.01. The summed E-state index contributed by atoms with van der Waals surface area (Å²) in [7, 11) is -3.36. The Balaban J connectivity index is 2.71. The summed E-state index contributed by atoms with van der Waals surface area (Å²) in [5.74, 6) is -1.16. The minimum Gasteiger partial charge on any atom is -0.478 e.